The minimum absolute atomic E-state index is 0.296. The number of rotatable bonds is 6. The van der Waals surface area contributed by atoms with Crippen molar-refractivity contribution in [2.75, 3.05) is 34.3 Å². The van der Waals surface area contributed by atoms with Gasteiger partial charge in [-0.1, -0.05) is 11.6 Å². The molecular weight excluding hydrogens is 244 g/mol. The van der Waals surface area contributed by atoms with Crippen LogP contribution in [0.2, 0.25) is 0 Å². The third-order valence-corrected chi connectivity index (χ3v) is 2.65. The Morgan fingerprint density at radius 3 is 2.58 bits per heavy atom. The van der Waals surface area contributed by atoms with Crippen molar-refractivity contribution in [2.24, 2.45) is 0 Å². The fourth-order valence-electron chi connectivity index (χ4n) is 1.59. The van der Waals surface area contributed by atoms with Gasteiger partial charge in [-0.05, 0) is 33.2 Å². The molecule has 0 heterocycles. The van der Waals surface area contributed by atoms with E-state index in [1.807, 2.05) is 32.0 Å². The second kappa shape index (κ2) is 6.89. The highest BCUT2D eigenvalue weighted by Crippen LogP contribution is 2.20. The summed E-state index contributed by atoms with van der Waals surface area (Å²) in [4.78, 5) is 25.7. The first-order valence-corrected chi connectivity index (χ1v) is 6.07. The molecule has 1 N–H and O–H groups in total. The van der Waals surface area contributed by atoms with Crippen molar-refractivity contribution in [1.29, 1.82) is 0 Å². The lowest BCUT2D eigenvalue weighted by Gasteiger charge is -2.11. The average molecular weight is 264 g/mol. The predicted octanol–water partition coefficient (Wildman–Crippen LogP) is 0.864. The van der Waals surface area contributed by atoms with E-state index in [1.54, 1.807) is 12.1 Å². The molecule has 0 spiro atoms. The van der Waals surface area contributed by atoms with E-state index in [9.17, 15) is 9.59 Å². The highest BCUT2D eigenvalue weighted by molar-refractivity contribution is 6.43. The van der Waals surface area contributed by atoms with Crippen molar-refractivity contribution >= 4 is 11.7 Å². The Labute approximate surface area is 113 Å². The molecule has 104 valence electrons. The van der Waals surface area contributed by atoms with Gasteiger partial charge in [0.15, 0.2) is 0 Å². The number of carbonyl (C=O) groups excluding carboxylic acids is 2. The largest absolute Gasteiger partial charge is 0.496 e. The van der Waals surface area contributed by atoms with Crippen LogP contribution in [0.5, 0.6) is 5.75 Å². The summed E-state index contributed by atoms with van der Waals surface area (Å²) in [6.07, 6.45) is 0. The monoisotopic (exact) mass is 264 g/mol. The maximum atomic E-state index is 12.0. The lowest BCUT2D eigenvalue weighted by Crippen LogP contribution is -2.36. The van der Waals surface area contributed by atoms with Crippen LogP contribution in [-0.2, 0) is 4.79 Å². The molecule has 19 heavy (non-hydrogen) atoms. The van der Waals surface area contributed by atoms with Crippen LogP contribution < -0.4 is 10.1 Å². The van der Waals surface area contributed by atoms with E-state index in [-0.39, 0.29) is 0 Å². The van der Waals surface area contributed by atoms with Gasteiger partial charge < -0.3 is 15.0 Å². The van der Waals surface area contributed by atoms with Crippen LogP contribution >= 0.6 is 0 Å². The van der Waals surface area contributed by atoms with Crippen LogP contribution in [0, 0.1) is 6.92 Å². The first-order valence-electron chi connectivity index (χ1n) is 6.07. The van der Waals surface area contributed by atoms with Gasteiger partial charge in [-0.2, -0.15) is 0 Å². The topological polar surface area (TPSA) is 58.6 Å². The van der Waals surface area contributed by atoms with Crippen LogP contribution in [-0.4, -0.2) is 50.9 Å². The van der Waals surface area contributed by atoms with Gasteiger partial charge >= 0.3 is 0 Å². The highest BCUT2D eigenvalue weighted by atomic mass is 16.5. The molecule has 1 amide bonds. The Balaban J connectivity index is 2.76. The molecule has 0 aliphatic rings. The van der Waals surface area contributed by atoms with Crippen molar-refractivity contribution in [2.45, 2.75) is 6.92 Å². The maximum absolute atomic E-state index is 12.0. The average Bonchev–Trinajstić information content (AvgIpc) is 2.37. The van der Waals surface area contributed by atoms with E-state index >= 15 is 0 Å². The summed E-state index contributed by atoms with van der Waals surface area (Å²) in [5, 5.41) is 2.60. The Morgan fingerprint density at radius 2 is 2.00 bits per heavy atom. The van der Waals surface area contributed by atoms with Crippen molar-refractivity contribution in [1.82, 2.24) is 10.2 Å². The van der Waals surface area contributed by atoms with Crippen LogP contribution in [0.4, 0.5) is 0 Å². The molecule has 0 saturated carbocycles. The molecule has 0 atom stereocenters. The van der Waals surface area contributed by atoms with E-state index in [2.05, 4.69) is 5.32 Å². The third-order valence-electron chi connectivity index (χ3n) is 2.65. The first kappa shape index (κ1) is 15.2. The SMILES string of the molecule is COc1ccc(C)cc1C(=O)C(=O)NCCN(C)C. The molecule has 0 radical (unpaired) electrons. The molecule has 5 heteroatoms. The van der Waals surface area contributed by atoms with Crippen LogP contribution in [0.1, 0.15) is 15.9 Å². The lowest BCUT2D eigenvalue weighted by molar-refractivity contribution is -0.117. The number of ketones is 1. The Morgan fingerprint density at radius 1 is 1.32 bits per heavy atom. The van der Waals surface area contributed by atoms with Gasteiger partial charge in [0.25, 0.3) is 11.7 Å². The molecule has 1 aromatic rings. The number of nitrogens with one attached hydrogen (secondary N) is 1. The number of carbonyl (C=O) groups is 2. The fourth-order valence-corrected chi connectivity index (χ4v) is 1.59. The predicted molar refractivity (Wildman–Crippen MR) is 73.6 cm³/mol. The van der Waals surface area contributed by atoms with E-state index in [0.29, 0.717) is 24.4 Å². The molecule has 0 aliphatic carbocycles. The standard InChI is InChI=1S/C14H20N2O3/c1-10-5-6-12(19-4)11(9-10)13(17)14(18)15-7-8-16(2)3/h5-6,9H,7-8H2,1-4H3,(H,15,18). The van der Waals surface area contributed by atoms with E-state index in [4.69, 9.17) is 4.74 Å². The van der Waals surface area contributed by atoms with Gasteiger partial charge in [-0.15, -0.1) is 0 Å². The molecule has 0 bridgehead atoms. The summed E-state index contributed by atoms with van der Waals surface area (Å²) >= 11 is 0. The number of hydrogen-bond acceptors (Lipinski definition) is 4. The molecule has 0 aliphatic heterocycles. The zero-order chi connectivity index (χ0) is 14.4. The van der Waals surface area contributed by atoms with Gasteiger partial charge in [0.1, 0.15) is 5.75 Å². The van der Waals surface area contributed by atoms with E-state index in [0.717, 1.165) is 5.56 Å². The fraction of sp³-hybridized carbons (Fsp3) is 0.429. The van der Waals surface area contributed by atoms with Crippen LogP contribution in [0.3, 0.4) is 0 Å². The van der Waals surface area contributed by atoms with Gasteiger partial charge in [0, 0.05) is 13.1 Å². The number of Topliss-reactive ketones (excluding diaryl/α,β-unsaturated/α-hetero) is 1. The van der Waals surface area contributed by atoms with Gasteiger partial charge in [-0.25, -0.2) is 0 Å². The number of hydrogen-bond donors (Lipinski definition) is 1. The number of likely N-dealkylation sites (N-methyl/N-ethyl adjacent to an activating group) is 1. The second-order valence-electron chi connectivity index (χ2n) is 4.59. The molecule has 0 aromatic heterocycles. The Kier molecular flexibility index (Phi) is 5.51. The number of nitrogens with zero attached hydrogens (tertiary/aromatic N) is 1. The zero-order valence-electron chi connectivity index (χ0n) is 11.8. The molecular formula is C14H20N2O3. The van der Waals surface area contributed by atoms with Gasteiger partial charge in [0.2, 0.25) is 0 Å². The lowest BCUT2D eigenvalue weighted by atomic mass is 10.1. The van der Waals surface area contributed by atoms with Gasteiger partial charge in [-0.3, -0.25) is 9.59 Å². The number of amides is 1. The third kappa shape index (κ3) is 4.37. The van der Waals surface area contributed by atoms with Crippen molar-refractivity contribution in [3.05, 3.63) is 29.3 Å². The maximum Gasteiger partial charge on any atom is 0.292 e. The number of aryl methyl sites for hydroxylation is 1. The summed E-state index contributed by atoms with van der Waals surface area (Å²) in [7, 11) is 5.28. The van der Waals surface area contributed by atoms with E-state index in [1.165, 1.54) is 7.11 Å². The highest BCUT2D eigenvalue weighted by Gasteiger charge is 2.19. The smallest absolute Gasteiger partial charge is 0.292 e. The first-order chi connectivity index (χ1) is 8.95. The van der Waals surface area contributed by atoms with Gasteiger partial charge in [0.05, 0.1) is 12.7 Å². The summed E-state index contributed by atoms with van der Waals surface area (Å²) < 4.78 is 5.11. The summed E-state index contributed by atoms with van der Waals surface area (Å²) in [6.45, 7) is 2.98. The quantitative estimate of drug-likeness (QED) is 0.611. The molecule has 1 aromatic carbocycles. The Bertz CT molecular complexity index is 470. The molecule has 1 rings (SSSR count). The normalized spacial score (nSPS) is 10.4. The van der Waals surface area contributed by atoms with Crippen molar-refractivity contribution in [3.8, 4) is 5.75 Å². The molecule has 5 nitrogen and oxygen atoms in total. The summed E-state index contributed by atoms with van der Waals surface area (Å²) in [5.74, 6) is -0.761. The Hall–Kier alpha value is -1.88. The molecule has 0 fully saturated rings. The molecule has 0 saturated heterocycles. The minimum atomic E-state index is -0.606. The summed E-state index contributed by atoms with van der Waals surface area (Å²) in [5.41, 5.74) is 1.20. The van der Waals surface area contributed by atoms with Crippen LogP contribution in [0.25, 0.3) is 0 Å². The van der Waals surface area contributed by atoms with Crippen LogP contribution in [0.15, 0.2) is 18.2 Å². The second-order valence-corrected chi connectivity index (χ2v) is 4.59. The minimum Gasteiger partial charge on any atom is -0.496 e. The summed E-state index contributed by atoms with van der Waals surface area (Å²) in [6, 6.07) is 5.18. The van der Waals surface area contributed by atoms with E-state index < -0.39 is 11.7 Å². The number of ether oxygens (including phenoxy) is 1. The molecule has 0 unspecified atom stereocenters. The van der Waals surface area contributed by atoms with Crippen molar-refractivity contribution < 1.29 is 14.3 Å². The number of methoxy groups -OCH3 is 1. The number of benzene rings is 1. The van der Waals surface area contributed by atoms with Crippen molar-refractivity contribution in [3.63, 3.8) is 0 Å². The zero-order valence-corrected chi connectivity index (χ0v) is 11.8.